The highest BCUT2D eigenvalue weighted by Crippen LogP contribution is 2.36. The Morgan fingerprint density at radius 3 is 2.35 bits per heavy atom. The first-order valence-corrected chi connectivity index (χ1v) is 11.9. The van der Waals surface area contributed by atoms with Gasteiger partial charge in [-0.05, 0) is 38.5 Å². The number of hydrogen-bond acceptors (Lipinski definition) is 8. The smallest absolute Gasteiger partial charge is 0.348 e. The number of rotatable bonds is 10. The summed E-state index contributed by atoms with van der Waals surface area (Å²) >= 11 is 6.44. The fourth-order valence-electron chi connectivity index (χ4n) is 3.28. The van der Waals surface area contributed by atoms with Crippen molar-refractivity contribution in [1.29, 1.82) is 0 Å². The Hall–Kier alpha value is -3.39. The second-order valence-corrected chi connectivity index (χ2v) is 8.66. The molecule has 200 valence electrons. The van der Waals surface area contributed by atoms with Gasteiger partial charge in [-0.15, -0.1) is 11.3 Å². The van der Waals surface area contributed by atoms with E-state index in [1.54, 1.807) is 13.8 Å². The first kappa shape index (κ1) is 28.2. The van der Waals surface area contributed by atoms with Crippen LogP contribution in [0.1, 0.15) is 80.0 Å². The molecule has 0 radical (unpaired) electrons. The topological polar surface area (TPSA) is 113 Å². The van der Waals surface area contributed by atoms with Crippen LogP contribution >= 0.6 is 22.9 Å². The average molecular weight is 566 g/mol. The van der Waals surface area contributed by atoms with Gasteiger partial charge in [0.1, 0.15) is 27.0 Å². The van der Waals surface area contributed by atoms with Crippen LogP contribution in [0.3, 0.4) is 0 Å². The molecule has 0 aliphatic carbocycles. The zero-order valence-electron chi connectivity index (χ0n) is 19.6. The molecule has 0 aliphatic heterocycles. The van der Waals surface area contributed by atoms with E-state index in [0.717, 1.165) is 11.3 Å². The lowest BCUT2D eigenvalue weighted by molar-refractivity contribution is 0.0527. The highest BCUT2D eigenvalue weighted by Gasteiger charge is 2.30. The Kier molecular flexibility index (Phi) is 8.97. The molecule has 3 aromatic heterocycles. The minimum atomic E-state index is -3.19. The van der Waals surface area contributed by atoms with Gasteiger partial charge in [-0.25, -0.2) is 27.2 Å². The molecule has 0 saturated heterocycles. The van der Waals surface area contributed by atoms with Gasteiger partial charge in [0.15, 0.2) is 5.76 Å². The van der Waals surface area contributed by atoms with Crippen molar-refractivity contribution in [1.82, 2.24) is 9.78 Å². The number of thiophene rings is 1. The van der Waals surface area contributed by atoms with Crippen molar-refractivity contribution in [3.8, 4) is 0 Å². The lowest BCUT2D eigenvalue weighted by Gasteiger charge is -2.06. The Morgan fingerprint density at radius 2 is 1.76 bits per heavy atom. The maximum absolute atomic E-state index is 13.4. The summed E-state index contributed by atoms with van der Waals surface area (Å²) in [5.74, 6) is -2.65. The van der Waals surface area contributed by atoms with Gasteiger partial charge in [-0.3, -0.25) is 9.48 Å². The molecule has 9 nitrogen and oxygen atoms in total. The summed E-state index contributed by atoms with van der Waals surface area (Å²) in [7, 11) is 0. The maximum Gasteiger partial charge on any atom is 0.348 e. The molecule has 0 unspecified atom stereocenters. The number of halogens is 5. The third-order valence-electron chi connectivity index (χ3n) is 4.87. The number of ether oxygens (including phenoxy) is 2. The van der Waals surface area contributed by atoms with Crippen molar-refractivity contribution < 1.29 is 45.8 Å². The number of anilines is 1. The van der Waals surface area contributed by atoms with Crippen LogP contribution in [-0.4, -0.2) is 40.8 Å². The molecule has 1 amide bonds. The van der Waals surface area contributed by atoms with Gasteiger partial charge in [-0.2, -0.15) is 5.10 Å². The lowest BCUT2D eigenvalue weighted by Crippen LogP contribution is -2.14. The van der Waals surface area contributed by atoms with Crippen molar-refractivity contribution in [2.75, 3.05) is 18.5 Å². The van der Waals surface area contributed by atoms with Crippen LogP contribution in [0.2, 0.25) is 5.02 Å². The van der Waals surface area contributed by atoms with Crippen LogP contribution in [0.5, 0.6) is 0 Å². The number of carbonyl (C=O) groups is 3. The minimum Gasteiger partial charge on any atom is -0.462 e. The number of furan rings is 1. The number of nitrogens with zero attached hydrogens (tertiary/aromatic N) is 2. The van der Waals surface area contributed by atoms with Crippen LogP contribution in [-0.2, 0) is 16.0 Å². The van der Waals surface area contributed by atoms with Crippen molar-refractivity contribution in [2.24, 2.45) is 0 Å². The molecule has 0 spiro atoms. The van der Waals surface area contributed by atoms with Gasteiger partial charge < -0.3 is 19.2 Å². The summed E-state index contributed by atoms with van der Waals surface area (Å²) < 4.78 is 68.9. The normalized spacial score (nSPS) is 11.3. The molecular formula is C22H20ClF4N3O6S. The van der Waals surface area contributed by atoms with Gasteiger partial charge in [0.25, 0.3) is 18.8 Å². The molecule has 0 aliphatic rings. The van der Waals surface area contributed by atoms with Gasteiger partial charge in [-0.1, -0.05) is 11.6 Å². The fourth-order valence-corrected chi connectivity index (χ4v) is 4.66. The first-order valence-electron chi connectivity index (χ1n) is 10.7. The molecule has 3 aromatic rings. The van der Waals surface area contributed by atoms with Crippen molar-refractivity contribution in [3.63, 3.8) is 0 Å². The van der Waals surface area contributed by atoms with E-state index < -0.39 is 53.7 Å². The zero-order valence-corrected chi connectivity index (χ0v) is 21.1. The van der Waals surface area contributed by atoms with Gasteiger partial charge in [0.05, 0.1) is 30.3 Å². The van der Waals surface area contributed by atoms with Crippen LogP contribution in [0.4, 0.5) is 22.6 Å². The highest BCUT2D eigenvalue weighted by atomic mass is 35.5. The summed E-state index contributed by atoms with van der Waals surface area (Å²) in [6, 6.07) is 2.47. The van der Waals surface area contributed by atoms with Gasteiger partial charge in [0, 0.05) is 0 Å². The number of aromatic nitrogens is 2. The molecule has 0 aromatic carbocycles. The number of nitrogens with one attached hydrogen (secondary N) is 1. The Labute approximate surface area is 216 Å². The van der Waals surface area contributed by atoms with E-state index in [-0.39, 0.29) is 45.7 Å². The van der Waals surface area contributed by atoms with E-state index in [4.69, 9.17) is 25.5 Å². The third kappa shape index (κ3) is 5.96. The summed E-state index contributed by atoms with van der Waals surface area (Å²) in [5.41, 5.74) is -1.71. The van der Waals surface area contributed by atoms with E-state index in [1.807, 2.05) is 0 Å². The van der Waals surface area contributed by atoms with Crippen LogP contribution in [0.15, 0.2) is 16.5 Å². The molecule has 0 bridgehead atoms. The van der Waals surface area contributed by atoms with E-state index in [9.17, 15) is 31.9 Å². The van der Waals surface area contributed by atoms with E-state index in [1.165, 1.54) is 19.1 Å². The average Bonchev–Trinajstić information content (AvgIpc) is 3.50. The van der Waals surface area contributed by atoms with Crippen LogP contribution in [0, 0.1) is 6.92 Å². The predicted octanol–water partition coefficient (Wildman–Crippen LogP) is 6.03. The number of esters is 2. The van der Waals surface area contributed by atoms with Crippen molar-refractivity contribution in [2.45, 2.75) is 40.2 Å². The standard InChI is InChI=1S/C22H20ClF4N3O6S/c1-4-34-21(32)12-9(3)16(22(33)35-5-2)37-20(12)28-19(31)11-7-6-10(36-11)8-30-15(18(26)27)13(23)14(29-30)17(24)25/h6-7,17-18H,4-5,8H2,1-3H3,(H,28,31). The van der Waals surface area contributed by atoms with E-state index >= 15 is 0 Å². The Balaban J connectivity index is 1.87. The predicted molar refractivity (Wildman–Crippen MR) is 124 cm³/mol. The SMILES string of the molecule is CCOC(=O)c1sc(NC(=O)c2ccc(Cn3nc(C(F)F)c(Cl)c3C(F)F)o2)c(C(=O)OCC)c1C. The summed E-state index contributed by atoms with van der Waals surface area (Å²) in [4.78, 5) is 37.7. The lowest BCUT2D eigenvalue weighted by atomic mass is 10.1. The zero-order chi connectivity index (χ0) is 27.4. The summed E-state index contributed by atoms with van der Waals surface area (Å²) in [6.07, 6.45) is -6.37. The van der Waals surface area contributed by atoms with Crippen molar-refractivity contribution >= 4 is 45.8 Å². The first-order chi connectivity index (χ1) is 17.5. The number of amides is 1. The van der Waals surface area contributed by atoms with E-state index in [2.05, 4.69) is 10.4 Å². The van der Waals surface area contributed by atoms with E-state index in [0.29, 0.717) is 4.68 Å². The summed E-state index contributed by atoms with van der Waals surface area (Å²) in [5, 5.41) is 5.06. The number of alkyl halides is 4. The summed E-state index contributed by atoms with van der Waals surface area (Å²) in [6.45, 7) is 4.32. The molecule has 0 fully saturated rings. The second-order valence-electron chi connectivity index (χ2n) is 7.26. The third-order valence-corrected chi connectivity index (χ3v) is 6.45. The van der Waals surface area contributed by atoms with Crippen LogP contribution in [0.25, 0.3) is 0 Å². The van der Waals surface area contributed by atoms with Crippen LogP contribution < -0.4 is 5.32 Å². The van der Waals surface area contributed by atoms with Crippen molar-refractivity contribution in [3.05, 3.63) is 56.1 Å². The molecule has 15 heteroatoms. The highest BCUT2D eigenvalue weighted by molar-refractivity contribution is 7.18. The largest absolute Gasteiger partial charge is 0.462 e. The monoisotopic (exact) mass is 565 g/mol. The molecule has 0 atom stereocenters. The Bertz CT molecular complexity index is 1320. The molecule has 37 heavy (non-hydrogen) atoms. The number of carbonyl (C=O) groups excluding carboxylic acids is 3. The molecule has 1 N–H and O–H groups in total. The Morgan fingerprint density at radius 1 is 1.11 bits per heavy atom. The van der Waals surface area contributed by atoms with Gasteiger partial charge >= 0.3 is 11.9 Å². The van der Waals surface area contributed by atoms with Gasteiger partial charge in [0.2, 0.25) is 0 Å². The second kappa shape index (κ2) is 11.8. The maximum atomic E-state index is 13.4. The number of hydrogen-bond donors (Lipinski definition) is 1. The molecule has 3 rings (SSSR count). The quantitative estimate of drug-likeness (QED) is 0.236. The fraction of sp³-hybridized carbons (Fsp3) is 0.364. The molecular weight excluding hydrogens is 546 g/mol. The molecule has 3 heterocycles. The minimum absolute atomic E-state index is 0.00220. The molecule has 0 saturated carbocycles.